The number of hydrogen-bond acceptors (Lipinski definition) is 2. The molecule has 0 radical (unpaired) electrons. The normalized spacial score (nSPS) is 10.8. The zero-order valence-corrected chi connectivity index (χ0v) is 43.4. The monoisotopic (exact) mass is 929 g/mol. The van der Waals surface area contributed by atoms with Gasteiger partial charge in [-0.3, -0.25) is 0 Å². The first-order valence-corrected chi connectivity index (χ1v) is 27.1. The average Bonchev–Trinajstić information content (AvgIpc) is 3.30. The number of hydrogen-bond donors (Lipinski definition) is 2. The van der Waals surface area contributed by atoms with Gasteiger partial charge in [-0.1, -0.05) is 275 Å². The second-order valence-corrected chi connectivity index (χ2v) is 18.3. The molecule has 0 bridgehead atoms. The smallest absolute Gasteiger partial charge is 0.299 e. The van der Waals surface area contributed by atoms with Gasteiger partial charge in [0.1, 0.15) is 0 Å². The summed E-state index contributed by atoms with van der Waals surface area (Å²) in [6.07, 6.45) is 54.0. The van der Waals surface area contributed by atoms with Gasteiger partial charge in [0.15, 0.2) is 0 Å². The van der Waals surface area contributed by atoms with Gasteiger partial charge in [0.25, 0.3) is 5.87 Å². The van der Waals surface area contributed by atoms with E-state index in [2.05, 4.69) is 86.9 Å². The summed E-state index contributed by atoms with van der Waals surface area (Å²) in [7, 11) is 0. The Morgan fingerprint density at radius 3 is 1.12 bits per heavy atom. The van der Waals surface area contributed by atoms with Gasteiger partial charge in [-0.15, -0.1) is 4.79 Å². The van der Waals surface area contributed by atoms with Crippen LogP contribution in [-0.2, 0) is 29.3 Å². The Labute approximate surface area is 407 Å². The predicted molar refractivity (Wildman–Crippen MR) is 279 cm³/mol. The summed E-state index contributed by atoms with van der Waals surface area (Å²) in [6, 6.07) is 18.0. The topological polar surface area (TPSA) is 76.9 Å². The molecule has 0 fully saturated rings. The van der Waals surface area contributed by atoms with E-state index in [1.807, 2.05) is 6.08 Å². The molecule has 64 heavy (non-hydrogen) atoms. The summed E-state index contributed by atoms with van der Waals surface area (Å²) in [6.45, 7) is 9.36. The largest absolute Gasteiger partial charge is 0.396 e. The molecule has 0 heterocycles. The summed E-state index contributed by atoms with van der Waals surface area (Å²) < 4.78 is 0. The van der Waals surface area contributed by atoms with E-state index in [-0.39, 0.29) is 16.5 Å². The van der Waals surface area contributed by atoms with Crippen LogP contribution in [0.2, 0.25) is 0 Å². The first-order chi connectivity index (χ1) is 31.1. The van der Waals surface area contributed by atoms with E-state index in [0.717, 1.165) is 44.1 Å². The van der Waals surface area contributed by atoms with Crippen molar-refractivity contribution in [3.8, 4) is 0 Å². The molecular weight excluding hydrogens is 827 g/mol. The van der Waals surface area contributed by atoms with Crippen LogP contribution in [0.15, 0.2) is 60.7 Å². The molecule has 5 heteroatoms. The molecule has 0 amide bonds. The van der Waals surface area contributed by atoms with Crippen LogP contribution < -0.4 is 0 Å². The molecule has 2 aromatic carbocycles. The second-order valence-electron chi connectivity index (χ2n) is 18.3. The van der Waals surface area contributed by atoms with Crippen molar-refractivity contribution in [1.82, 2.24) is 0 Å². The van der Waals surface area contributed by atoms with E-state index in [9.17, 15) is 0 Å². The number of benzene rings is 2. The van der Waals surface area contributed by atoms with E-state index >= 15 is 0 Å². The number of aliphatic hydroxyl groups excluding tert-OH is 2. The number of rotatable bonds is 40. The quantitative estimate of drug-likeness (QED) is 0.0174. The molecule has 0 aromatic heterocycles. The zero-order chi connectivity index (χ0) is 45.9. The molecule has 2 aromatic rings. The van der Waals surface area contributed by atoms with E-state index < -0.39 is 0 Å². The molecular formula is C59H102N2NiO2. The molecule has 0 spiro atoms. The van der Waals surface area contributed by atoms with Gasteiger partial charge in [0, 0.05) is 29.7 Å². The van der Waals surface area contributed by atoms with Gasteiger partial charge in [0.05, 0.1) is 6.08 Å². The molecule has 0 saturated heterocycles. The molecule has 370 valence electrons. The molecule has 2 N–H and O–H groups in total. The number of aryl methyl sites for hydroxylation is 2. The summed E-state index contributed by atoms with van der Waals surface area (Å²) in [4.78, 5) is 3.05. The number of allylic oxidation sites excluding steroid dienone is 2. The van der Waals surface area contributed by atoms with E-state index in [1.54, 1.807) is 6.08 Å². The number of aliphatic hydroxyl groups is 2. The van der Waals surface area contributed by atoms with Crippen molar-refractivity contribution >= 4 is 11.4 Å². The van der Waals surface area contributed by atoms with Crippen LogP contribution in [0.1, 0.15) is 275 Å². The van der Waals surface area contributed by atoms with Crippen LogP contribution in [0.3, 0.4) is 0 Å². The van der Waals surface area contributed by atoms with E-state index in [1.165, 1.54) is 221 Å². The summed E-state index contributed by atoms with van der Waals surface area (Å²) >= 11 is 0. The molecule has 0 aliphatic carbocycles. The van der Waals surface area contributed by atoms with Crippen molar-refractivity contribution in [2.45, 2.75) is 265 Å². The Morgan fingerprint density at radius 2 is 0.781 bits per heavy atom. The fourth-order valence-electron chi connectivity index (χ4n) is 8.15. The molecule has 0 aliphatic rings. The maximum atomic E-state index is 8.89. The van der Waals surface area contributed by atoms with Gasteiger partial charge in [-0.05, 0) is 72.4 Å². The SMILES string of the molecule is CCCCCCCCCCCCCCCCCCCCCCCCCCCCCc1cccc(C(=CC=C=[N+]=[N-])c2ccc(CCCCCC)cc2)c1.CCCCO.CCCCO.[Ni]. The van der Waals surface area contributed by atoms with E-state index in [4.69, 9.17) is 15.7 Å². The molecule has 0 aliphatic heterocycles. The summed E-state index contributed by atoms with van der Waals surface area (Å²) in [5.74, 6) is 2.56. The third-order valence-corrected chi connectivity index (χ3v) is 12.3. The Balaban J connectivity index is 0. The molecule has 0 atom stereocenters. The van der Waals surface area contributed by atoms with Crippen LogP contribution in [-0.4, -0.2) is 34.1 Å². The number of unbranched alkanes of at least 4 members (excludes halogenated alkanes) is 31. The van der Waals surface area contributed by atoms with E-state index in [0.29, 0.717) is 13.2 Å². The molecule has 4 nitrogen and oxygen atoms in total. The minimum absolute atomic E-state index is 0. The van der Waals surface area contributed by atoms with Crippen LogP contribution >= 0.6 is 0 Å². The first kappa shape index (κ1) is 63.8. The Morgan fingerprint density at radius 1 is 0.438 bits per heavy atom. The van der Waals surface area contributed by atoms with Crippen molar-refractivity contribution in [1.29, 1.82) is 0 Å². The molecule has 2 rings (SSSR count). The fraction of sp³-hybridized carbons (Fsp3) is 0.729. The molecule has 0 unspecified atom stereocenters. The van der Waals surface area contributed by atoms with Gasteiger partial charge in [-0.2, -0.15) is 0 Å². The average molecular weight is 930 g/mol. The van der Waals surface area contributed by atoms with Crippen LogP contribution in [0, 0.1) is 0 Å². The standard InChI is InChI=1S/C51H82N2.2C4H10O.Ni/c1-3-5-7-9-10-11-12-13-14-15-16-17-18-19-20-21-22-23-24-25-26-27-28-29-30-31-33-37-48-38-34-39-50(46-48)51(40-35-45-53-52)49-43-41-47(42-44-49)36-32-8-6-4-2;2*1-2-3-4-5;/h34-35,38-44,46H,3-33,36-37H2,1-2H3;2*5H,2-4H2,1H3;. The second kappa shape index (κ2) is 53.4. The third kappa shape index (κ3) is 42.4. The minimum atomic E-state index is 0. The fourth-order valence-corrected chi connectivity index (χ4v) is 8.15. The number of nitrogens with zero attached hydrogens (tertiary/aromatic N) is 2. The van der Waals surface area contributed by atoms with Crippen LogP contribution in [0.4, 0.5) is 0 Å². The third-order valence-electron chi connectivity index (χ3n) is 12.3. The molecule has 0 saturated carbocycles. The van der Waals surface area contributed by atoms with Crippen LogP contribution in [0.5, 0.6) is 0 Å². The predicted octanol–water partition coefficient (Wildman–Crippen LogP) is 18.3. The minimum Gasteiger partial charge on any atom is -0.396 e. The van der Waals surface area contributed by atoms with Crippen molar-refractivity contribution in [2.24, 2.45) is 0 Å². The van der Waals surface area contributed by atoms with Crippen molar-refractivity contribution in [2.75, 3.05) is 13.2 Å². The Kier molecular flexibility index (Phi) is 53.2. The van der Waals surface area contributed by atoms with Crippen molar-refractivity contribution < 1.29 is 31.5 Å². The maximum Gasteiger partial charge on any atom is 0.299 e. The Hall–Kier alpha value is -2.25. The van der Waals surface area contributed by atoms with Crippen LogP contribution in [0.25, 0.3) is 11.1 Å². The van der Waals surface area contributed by atoms with Gasteiger partial charge in [-0.25, -0.2) is 0 Å². The zero-order valence-electron chi connectivity index (χ0n) is 42.5. The van der Waals surface area contributed by atoms with Gasteiger partial charge < -0.3 is 15.7 Å². The van der Waals surface area contributed by atoms with Crippen molar-refractivity contribution in [3.63, 3.8) is 0 Å². The van der Waals surface area contributed by atoms with Gasteiger partial charge in [0.2, 0.25) is 0 Å². The first-order valence-electron chi connectivity index (χ1n) is 27.1. The van der Waals surface area contributed by atoms with Gasteiger partial charge >= 0.3 is 0 Å². The summed E-state index contributed by atoms with van der Waals surface area (Å²) in [5.41, 5.74) is 15.2. The summed E-state index contributed by atoms with van der Waals surface area (Å²) in [5, 5.41) is 16.1. The maximum absolute atomic E-state index is 8.89. The Bertz CT molecular complexity index is 1330. The van der Waals surface area contributed by atoms with Crippen molar-refractivity contribution in [3.05, 3.63) is 88.5 Å².